The lowest BCUT2D eigenvalue weighted by atomic mass is 9.91. The summed E-state index contributed by atoms with van der Waals surface area (Å²) in [5, 5.41) is 6.41. The number of hydrogen-bond acceptors (Lipinski definition) is 5. The fraction of sp³-hybridized carbons (Fsp3) is 0.480. The molecule has 1 atom stereocenters. The molecular weight excluding hydrogens is 480 g/mol. The van der Waals surface area contributed by atoms with Crippen molar-refractivity contribution in [2.75, 3.05) is 6.61 Å². The molecule has 0 saturated carbocycles. The summed E-state index contributed by atoms with van der Waals surface area (Å²) >= 11 is 0. The van der Waals surface area contributed by atoms with Gasteiger partial charge in [-0.2, -0.15) is 18.3 Å². The first kappa shape index (κ1) is 27.2. The van der Waals surface area contributed by atoms with Gasteiger partial charge in [0.2, 0.25) is 0 Å². The molecule has 0 saturated heterocycles. The fourth-order valence-corrected chi connectivity index (χ4v) is 3.86. The van der Waals surface area contributed by atoms with Crippen LogP contribution in [-0.4, -0.2) is 38.4 Å². The minimum Gasteiger partial charge on any atom is -0.488 e. The van der Waals surface area contributed by atoms with Crippen LogP contribution in [0.4, 0.5) is 22.4 Å². The number of benzene rings is 1. The highest BCUT2D eigenvalue weighted by Crippen LogP contribution is 2.31. The molecule has 7 nitrogen and oxygen atoms in total. The molecule has 3 aromatic rings. The molecule has 36 heavy (non-hydrogen) atoms. The van der Waals surface area contributed by atoms with E-state index in [1.807, 2.05) is 13.8 Å². The molecule has 0 bridgehead atoms. The van der Waals surface area contributed by atoms with E-state index in [0.717, 1.165) is 16.6 Å². The van der Waals surface area contributed by atoms with E-state index in [0.29, 0.717) is 12.0 Å². The Morgan fingerprint density at radius 3 is 2.39 bits per heavy atom. The summed E-state index contributed by atoms with van der Waals surface area (Å²) in [7, 11) is 0. The van der Waals surface area contributed by atoms with E-state index in [-0.39, 0.29) is 29.6 Å². The Morgan fingerprint density at radius 2 is 1.81 bits per heavy atom. The molecule has 1 N–H and O–H groups in total. The van der Waals surface area contributed by atoms with Crippen molar-refractivity contribution in [3.63, 3.8) is 0 Å². The van der Waals surface area contributed by atoms with Gasteiger partial charge in [0, 0.05) is 17.8 Å². The minimum atomic E-state index is -4.64. The summed E-state index contributed by atoms with van der Waals surface area (Å²) in [4.78, 5) is 16.3. The Morgan fingerprint density at radius 1 is 1.11 bits per heavy atom. The lowest BCUT2D eigenvalue weighted by Crippen LogP contribution is -2.52. The maximum Gasteiger partial charge on any atom is 0.435 e. The van der Waals surface area contributed by atoms with Crippen molar-refractivity contribution in [3.05, 3.63) is 48.0 Å². The smallest absolute Gasteiger partial charge is 0.435 e. The second kappa shape index (κ2) is 9.94. The Kier molecular flexibility index (Phi) is 7.52. The van der Waals surface area contributed by atoms with Gasteiger partial charge in [-0.3, -0.25) is 0 Å². The van der Waals surface area contributed by atoms with Gasteiger partial charge in [-0.15, -0.1) is 0 Å². The van der Waals surface area contributed by atoms with Crippen molar-refractivity contribution in [3.8, 4) is 17.0 Å². The van der Waals surface area contributed by atoms with Gasteiger partial charge in [0.1, 0.15) is 12.2 Å². The maximum absolute atomic E-state index is 15.0. The molecule has 1 aromatic carbocycles. The molecule has 0 spiro atoms. The number of ether oxygens (including phenoxy) is 2. The summed E-state index contributed by atoms with van der Waals surface area (Å²) in [6, 6.07) is 6.32. The molecule has 0 radical (unpaired) electrons. The zero-order valence-corrected chi connectivity index (χ0v) is 21.0. The number of carbonyl (C=O) groups is 1. The Bertz CT molecular complexity index is 1230. The molecule has 1 amide bonds. The first-order chi connectivity index (χ1) is 16.6. The molecule has 11 heteroatoms. The maximum atomic E-state index is 15.0. The van der Waals surface area contributed by atoms with Gasteiger partial charge in [0.25, 0.3) is 0 Å². The minimum absolute atomic E-state index is 0.0155. The van der Waals surface area contributed by atoms with Gasteiger partial charge < -0.3 is 14.8 Å². The Balaban J connectivity index is 1.82. The number of halogens is 4. The standard InChI is InChI=1S/C25H30F4N4O3/c1-15(2)13-24(6,31-22(34)36-23(3,4)5)14-35-19-8-7-16(11-17(19)26)18-9-10-30-21-12-20(25(27,28)29)32-33(18)21/h7-12,15H,13-14H2,1-6H3,(H,31,34). The highest BCUT2D eigenvalue weighted by Gasteiger charge is 2.35. The lowest BCUT2D eigenvalue weighted by Gasteiger charge is -2.33. The van der Waals surface area contributed by atoms with Crippen molar-refractivity contribution in [2.24, 2.45) is 5.92 Å². The zero-order valence-electron chi connectivity index (χ0n) is 21.0. The SMILES string of the molecule is CC(C)CC(C)(COc1ccc(-c2ccnc3cc(C(F)(F)F)nn23)cc1F)NC(=O)OC(C)(C)C. The number of fused-ring (bicyclic) bond motifs is 1. The lowest BCUT2D eigenvalue weighted by molar-refractivity contribution is -0.141. The molecule has 3 rings (SSSR count). The van der Waals surface area contributed by atoms with Crippen LogP contribution in [0, 0.1) is 11.7 Å². The van der Waals surface area contributed by atoms with Crippen LogP contribution in [-0.2, 0) is 10.9 Å². The third kappa shape index (κ3) is 6.86. The van der Waals surface area contributed by atoms with E-state index in [4.69, 9.17) is 9.47 Å². The van der Waals surface area contributed by atoms with E-state index in [9.17, 15) is 22.4 Å². The largest absolute Gasteiger partial charge is 0.488 e. The van der Waals surface area contributed by atoms with Crippen LogP contribution in [0.1, 0.15) is 53.7 Å². The highest BCUT2D eigenvalue weighted by molar-refractivity contribution is 5.68. The van der Waals surface area contributed by atoms with Gasteiger partial charge in [0.05, 0.1) is 11.2 Å². The van der Waals surface area contributed by atoms with Gasteiger partial charge in [-0.25, -0.2) is 18.7 Å². The average molecular weight is 511 g/mol. The number of aromatic nitrogens is 3. The number of alkyl halides is 3. The summed E-state index contributed by atoms with van der Waals surface area (Å²) in [5.74, 6) is -0.586. The highest BCUT2D eigenvalue weighted by atomic mass is 19.4. The van der Waals surface area contributed by atoms with Crippen LogP contribution in [0.5, 0.6) is 5.75 Å². The molecule has 0 aliphatic rings. The first-order valence-corrected chi connectivity index (χ1v) is 11.4. The molecule has 0 fully saturated rings. The van der Waals surface area contributed by atoms with Crippen molar-refractivity contribution in [2.45, 2.75) is 65.3 Å². The normalized spacial score (nSPS) is 14.1. The summed E-state index contributed by atoms with van der Waals surface area (Å²) in [5.41, 5.74) is -2.11. The Hall–Kier alpha value is -3.37. The van der Waals surface area contributed by atoms with Crippen molar-refractivity contribution in [1.29, 1.82) is 0 Å². The molecule has 2 aromatic heterocycles. The van der Waals surface area contributed by atoms with Crippen LogP contribution < -0.4 is 10.1 Å². The number of amides is 1. The van der Waals surface area contributed by atoms with Crippen molar-refractivity contribution in [1.82, 2.24) is 19.9 Å². The van der Waals surface area contributed by atoms with Crippen LogP contribution in [0.2, 0.25) is 0 Å². The van der Waals surface area contributed by atoms with Crippen LogP contribution in [0.15, 0.2) is 36.5 Å². The number of nitrogens with zero attached hydrogens (tertiary/aromatic N) is 3. The molecular formula is C25H30F4N4O3. The van der Waals surface area contributed by atoms with Crippen molar-refractivity contribution >= 4 is 11.7 Å². The van der Waals surface area contributed by atoms with Gasteiger partial charge in [-0.1, -0.05) is 13.8 Å². The van der Waals surface area contributed by atoms with E-state index >= 15 is 0 Å². The predicted molar refractivity (Wildman–Crippen MR) is 126 cm³/mol. The fourth-order valence-electron chi connectivity index (χ4n) is 3.86. The molecule has 1 unspecified atom stereocenters. The number of hydrogen-bond donors (Lipinski definition) is 1. The Labute approximate surface area is 206 Å². The van der Waals surface area contributed by atoms with Crippen LogP contribution >= 0.6 is 0 Å². The van der Waals surface area contributed by atoms with Gasteiger partial charge >= 0.3 is 12.3 Å². The molecule has 0 aliphatic carbocycles. The quantitative estimate of drug-likeness (QED) is 0.380. The molecule has 0 aliphatic heterocycles. The second-order valence-corrected chi connectivity index (χ2v) is 10.3. The monoisotopic (exact) mass is 510 g/mol. The van der Waals surface area contributed by atoms with Crippen LogP contribution in [0.3, 0.4) is 0 Å². The van der Waals surface area contributed by atoms with E-state index in [1.54, 1.807) is 27.7 Å². The predicted octanol–water partition coefficient (Wildman–Crippen LogP) is 6.26. The number of alkyl carbamates (subject to hydrolysis) is 1. The third-order valence-corrected chi connectivity index (χ3v) is 5.08. The number of nitrogens with one attached hydrogen (secondary N) is 1. The van der Waals surface area contributed by atoms with E-state index in [2.05, 4.69) is 15.4 Å². The summed E-state index contributed by atoms with van der Waals surface area (Å²) in [6.07, 6.45) is -3.37. The topological polar surface area (TPSA) is 77.8 Å². The zero-order chi connectivity index (χ0) is 26.9. The van der Waals surface area contributed by atoms with E-state index in [1.165, 1.54) is 24.4 Å². The van der Waals surface area contributed by atoms with E-state index < -0.39 is 34.9 Å². The number of carbonyl (C=O) groups excluding carboxylic acids is 1. The van der Waals surface area contributed by atoms with Gasteiger partial charge in [-0.05, 0) is 64.3 Å². The molecule has 2 heterocycles. The number of rotatable bonds is 7. The first-order valence-electron chi connectivity index (χ1n) is 11.4. The van der Waals surface area contributed by atoms with Crippen LogP contribution in [0.25, 0.3) is 16.9 Å². The summed E-state index contributed by atoms with van der Waals surface area (Å²) < 4.78 is 66.3. The molecule has 196 valence electrons. The van der Waals surface area contributed by atoms with Crippen molar-refractivity contribution < 1.29 is 31.8 Å². The van der Waals surface area contributed by atoms with Gasteiger partial charge in [0.15, 0.2) is 22.9 Å². The second-order valence-electron chi connectivity index (χ2n) is 10.3. The summed E-state index contributed by atoms with van der Waals surface area (Å²) in [6.45, 7) is 11.0. The third-order valence-electron chi connectivity index (χ3n) is 5.08. The average Bonchev–Trinajstić information content (AvgIpc) is 3.15.